The number of rotatable bonds is 16. The highest BCUT2D eigenvalue weighted by Crippen LogP contribution is 2.09. The third-order valence-electron chi connectivity index (χ3n) is 4.09. The molecule has 0 aliphatic rings. The standard InChI is InChI=1S/C19H41N/c1-4-5-6-7-8-9-10-11-14-17-20-18-15-12-13-16-19(2)3/h19-20H,4-18H2,1-3H3. The van der Waals surface area contributed by atoms with Crippen molar-refractivity contribution in [2.75, 3.05) is 13.1 Å². The minimum Gasteiger partial charge on any atom is -0.317 e. The molecule has 20 heavy (non-hydrogen) atoms. The number of hydrogen-bond acceptors (Lipinski definition) is 1. The van der Waals surface area contributed by atoms with E-state index in [0.29, 0.717) is 0 Å². The molecule has 0 spiro atoms. The first kappa shape index (κ1) is 20.0. The molecule has 0 fully saturated rings. The Hall–Kier alpha value is -0.0400. The lowest BCUT2D eigenvalue weighted by Gasteiger charge is -2.06. The fraction of sp³-hybridized carbons (Fsp3) is 1.00. The van der Waals surface area contributed by atoms with E-state index in [-0.39, 0.29) is 0 Å². The Balaban J connectivity index is 2.92. The van der Waals surface area contributed by atoms with Crippen molar-refractivity contribution in [2.45, 2.75) is 104 Å². The van der Waals surface area contributed by atoms with Gasteiger partial charge in [0, 0.05) is 0 Å². The smallest absolute Gasteiger partial charge is 0.00489 e. The van der Waals surface area contributed by atoms with Crippen LogP contribution in [-0.4, -0.2) is 13.1 Å². The van der Waals surface area contributed by atoms with Gasteiger partial charge >= 0.3 is 0 Å². The average molecular weight is 284 g/mol. The molecule has 0 amide bonds. The van der Waals surface area contributed by atoms with Gasteiger partial charge in [0.2, 0.25) is 0 Å². The third kappa shape index (κ3) is 18.0. The van der Waals surface area contributed by atoms with Crippen LogP contribution < -0.4 is 5.32 Å². The van der Waals surface area contributed by atoms with Crippen LogP contribution >= 0.6 is 0 Å². The molecule has 0 heterocycles. The van der Waals surface area contributed by atoms with Crippen LogP contribution in [0.3, 0.4) is 0 Å². The Morgan fingerprint density at radius 3 is 1.55 bits per heavy atom. The van der Waals surface area contributed by atoms with Crippen LogP contribution in [0.4, 0.5) is 0 Å². The van der Waals surface area contributed by atoms with Crippen LogP contribution in [0.2, 0.25) is 0 Å². The van der Waals surface area contributed by atoms with E-state index in [0.717, 1.165) is 5.92 Å². The highest BCUT2D eigenvalue weighted by Gasteiger charge is 1.95. The molecular formula is C19H41N. The predicted molar refractivity (Wildman–Crippen MR) is 93.4 cm³/mol. The van der Waals surface area contributed by atoms with Gasteiger partial charge in [0.05, 0.1) is 0 Å². The first-order valence-corrected chi connectivity index (χ1v) is 9.48. The van der Waals surface area contributed by atoms with Crippen molar-refractivity contribution in [1.29, 1.82) is 0 Å². The van der Waals surface area contributed by atoms with Crippen molar-refractivity contribution >= 4 is 0 Å². The summed E-state index contributed by atoms with van der Waals surface area (Å²) in [6.07, 6.45) is 18.5. The van der Waals surface area contributed by atoms with Gasteiger partial charge in [-0.2, -0.15) is 0 Å². The summed E-state index contributed by atoms with van der Waals surface area (Å²) in [5.74, 6) is 0.880. The first-order chi connectivity index (χ1) is 9.77. The Kier molecular flexibility index (Phi) is 17.0. The maximum Gasteiger partial charge on any atom is -0.00489 e. The van der Waals surface area contributed by atoms with Gasteiger partial charge in [0.1, 0.15) is 0 Å². The maximum atomic E-state index is 3.59. The molecule has 0 rings (SSSR count). The van der Waals surface area contributed by atoms with Gasteiger partial charge < -0.3 is 5.32 Å². The van der Waals surface area contributed by atoms with Gasteiger partial charge in [-0.25, -0.2) is 0 Å². The van der Waals surface area contributed by atoms with Crippen LogP contribution in [0.1, 0.15) is 104 Å². The van der Waals surface area contributed by atoms with Crippen molar-refractivity contribution < 1.29 is 0 Å². The van der Waals surface area contributed by atoms with E-state index >= 15 is 0 Å². The second-order valence-electron chi connectivity index (χ2n) is 6.82. The average Bonchev–Trinajstić information content (AvgIpc) is 2.43. The van der Waals surface area contributed by atoms with E-state index in [2.05, 4.69) is 26.1 Å². The topological polar surface area (TPSA) is 12.0 Å². The van der Waals surface area contributed by atoms with E-state index in [9.17, 15) is 0 Å². The van der Waals surface area contributed by atoms with E-state index in [1.165, 1.54) is 96.6 Å². The zero-order valence-corrected chi connectivity index (χ0v) is 14.7. The van der Waals surface area contributed by atoms with Crippen molar-refractivity contribution in [3.8, 4) is 0 Å². The Morgan fingerprint density at radius 2 is 1.05 bits per heavy atom. The molecule has 0 bridgehead atoms. The summed E-state index contributed by atoms with van der Waals surface area (Å²) in [4.78, 5) is 0. The SMILES string of the molecule is CCCCCCCCCCCNCCCCCC(C)C. The second-order valence-corrected chi connectivity index (χ2v) is 6.82. The normalized spacial score (nSPS) is 11.4. The van der Waals surface area contributed by atoms with Gasteiger partial charge in [0.15, 0.2) is 0 Å². The highest BCUT2D eigenvalue weighted by atomic mass is 14.8. The Morgan fingerprint density at radius 1 is 0.600 bits per heavy atom. The number of nitrogens with one attached hydrogen (secondary N) is 1. The van der Waals surface area contributed by atoms with Gasteiger partial charge in [-0.05, 0) is 31.8 Å². The fourth-order valence-electron chi connectivity index (χ4n) is 2.67. The zero-order valence-electron chi connectivity index (χ0n) is 14.7. The van der Waals surface area contributed by atoms with Crippen LogP contribution in [0.25, 0.3) is 0 Å². The number of unbranched alkanes of at least 4 members (excludes halogenated alkanes) is 10. The molecule has 0 saturated heterocycles. The first-order valence-electron chi connectivity index (χ1n) is 9.48. The highest BCUT2D eigenvalue weighted by molar-refractivity contribution is 4.52. The van der Waals surface area contributed by atoms with Crippen molar-refractivity contribution in [2.24, 2.45) is 5.92 Å². The molecule has 122 valence electrons. The van der Waals surface area contributed by atoms with Crippen molar-refractivity contribution in [3.63, 3.8) is 0 Å². The van der Waals surface area contributed by atoms with Crippen molar-refractivity contribution in [3.05, 3.63) is 0 Å². The van der Waals surface area contributed by atoms with E-state index in [4.69, 9.17) is 0 Å². The van der Waals surface area contributed by atoms with Gasteiger partial charge in [-0.3, -0.25) is 0 Å². The van der Waals surface area contributed by atoms with Gasteiger partial charge in [0.25, 0.3) is 0 Å². The molecule has 0 aromatic heterocycles. The quantitative estimate of drug-likeness (QED) is 0.327. The van der Waals surface area contributed by atoms with E-state index < -0.39 is 0 Å². The third-order valence-corrected chi connectivity index (χ3v) is 4.09. The predicted octanol–water partition coefficient (Wildman–Crippen LogP) is 6.32. The molecule has 0 aliphatic carbocycles. The van der Waals surface area contributed by atoms with Gasteiger partial charge in [-0.1, -0.05) is 91.4 Å². The molecule has 0 atom stereocenters. The molecule has 0 saturated carbocycles. The van der Waals surface area contributed by atoms with Crippen LogP contribution in [0.5, 0.6) is 0 Å². The van der Waals surface area contributed by atoms with E-state index in [1.54, 1.807) is 0 Å². The summed E-state index contributed by atoms with van der Waals surface area (Å²) >= 11 is 0. The molecule has 0 aromatic rings. The van der Waals surface area contributed by atoms with E-state index in [1.807, 2.05) is 0 Å². The van der Waals surface area contributed by atoms with Crippen molar-refractivity contribution in [1.82, 2.24) is 5.32 Å². The monoisotopic (exact) mass is 283 g/mol. The fourth-order valence-corrected chi connectivity index (χ4v) is 2.67. The largest absolute Gasteiger partial charge is 0.317 e. The molecule has 1 N–H and O–H groups in total. The minimum atomic E-state index is 0.880. The second kappa shape index (κ2) is 17.0. The zero-order chi connectivity index (χ0) is 14.9. The molecule has 0 aromatic carbocycles. The summed E-state index contributed by atoms with van der Waals surface area (Å²) < 4.78 is 0. The van der Waals surface area contributed by atoms with Crippen LogP contribution in [0.15, 0.2) is 0 Å². The molecule has 0 aliphatic heterocycles. The lowest BCUT2D eigenvalue weighted by Crippen LogP contribution is -2.16. The summed E-state index contributed by atoms with van der Waals surface area (Å²) in [7, 11) is 0. The molecule has 1 heteroatoms. The lowest BCUT2D eigenvalue weighted by atomic mass is 10.1. The van der Waals surface area contributed by atoms with Crippen LogP contribution in [-0.2, 0) is 0 Å². The minimum absolute atomic E-state index is 0.880. The molecular weight excluding hydrogens is 242 g/mol. The Labute approximate surface area is 129 Å². The summed E-state index contributed by atoms with van der Waals surface area (Å²) in [6, 6.07) is 0. The summed E-state index contributed by atoms with van der Waals surface area (Å²) in [5, 5.41) is 3.59. The number of hydrogen-bond donors (Lipinski definition) is 1. The molecule has 0 radical (unpaired) electrons. The van der Waals surface area contributed by atoms with Crippen LogP contribution in [0, 0.1) is 5.92 Å². The summed E-state index contributed by atoms with van der Waals surface area (Å²) in [5.41, 5.74) is 0. The lowest BCUT2D eigenvalue weighted by molar-refractivity contribution is 0.508. The maximum absolute atomic E-state index is 3.59. The summed E-state index contributed by atoms with van der Waals surface area (Å²) in [6.45, 7) is 9.40. The Bertz CT molecular complexity index is 165. The molecule has 1 nitrogen and oxygen atoms in total. The van der Waals surface area contributed by atoms with Gasteiger partial charge in [-0.15, -0.1) is 0 Å². The molecule has 0 unspecified atom stereocenters.